The average Bonchev–Trinajstić information content (AvgIpc) is 2.25. The lowest BCUT2D eigenvalue weighted by Crippen LogP contribution is -1.86. The highest BCUT2D eigenvalue weighted by Gasteiger charge is 2.07. The zero-order valence-electron chi connectivity index (χ0n) is 8.58. The van der Waals surface area contributed by atoms with Crippen molar-refractivity contribution in [2.45, 2.75) is 16.8 Å². The van der Waals surface area contributed by atoms with Crippen LogP contribution in [0.2, 0.25) is 0 Å². The molecule has 0 atom stereocenters. The number of aryl methyl sites for hydroxylation is 1. The second-order valence-electron chi connectivity index (χ2n) is 3.33. The second kappa shape index (κ2) is 4.97. The largest absolute Gasteiger partial charge is 0.248 e. The molecular weight excluding hydrogens is 289 g/mol. The van der Waals surface area contributed by atoms with Gasteiger partial charge in [0.2, 0.25) is 0 Å². The summed E-state index contributed by atoms with van der Waals surface area (Å²) in [5, 5.41) is 0.774. The zero-order valence-corrected chi connectivity index (χ0v) is 11.0. The molecule has 0 spiro atoms. The van der Waals surface area contributed by atoms with Crippen LogP contribution in [0.1, 0.15) is 5.56 Å². The van der Waals surface area contributed by atoms with Crippen molar-refractivity contribution in [3.05, 3.63) is 52.4 Å². The van der Waals surface area contributed by atoms with Gasteiger partial charge in [0.05, 0.1) is 4.47 Å². The minimum absolute atomic E-state index is 0.221. The number of rotatable bonds is 2. The fourth-order valence-electron chi connectivity index (χ4n) is 1.23. The Balaban J connectivity index is 2.31. The molecule has 4 heteroatoms. The molecule has 0 aliphatic rings. The third kappa shape index (κ3) is 2.62. The van der Waals surface area contributed by atoms with Crippen molar-refractivity contribution in [3.63, 3.8) is 0 Å². The van der Waals surface area contributed by atoms with Crippen LogP contribution in [0.25, 0.3) is 0 Å². The van der Waals surface area contributed by atoms with Crippen molar-refractivity contribution in [2.24, 2.45) is 0 Å². The number of benzene rings is 1. The van der Waals surface area contributed by atoms with Crippen molar-refractivity contribution in [1.82, 2.24) is 4.98 Å². The molecule has 0 aliphatic heterocycles. The van der Waals surface area contributed by atoms with Gasteiger partial charge in [-0.3, -0.25) is 0 Å². The lowest BCUT2D eigenvalue weighted by atomic mass is 10.3. The maximum atomic E-state index is 13.4. The van der Waals surface area contributed by atoms with E-state index in [2.05, 4.69) is 20.9 Å². The minimum atomic E-state index is -0.221. The van der Waals surface area contributed by atoms with E-state index in [1.165, 1.54) is 17.8 Å². The molecule has 2 rings (SSSR count). The molecule has 0 bridgehead atoms. The summed E-state index contributed by atoms with van der Waals surface area (Å²) in [5.41, 5.74) is 1.07. The van der Waals surface area contributed by atoms with Gasteiger partial charge >= 0.3 is 0 Å². The molecule has 0 amide bonds. The Kier molecular flexibility index (Phi) is 3.61. The highest BCUT2D eigenvalue weighted by atomic mass is 79.9. The number of halogens is 2. The molecule has 0 unspecified atom stereocenters. The number of aromatic nitrogens is 1. The number of hydrogen-bond donors (Lipinski definition) is 0. The highest BCUT2D eigenvalue weighted by Crippen LogP contribution is 2.33. The first-order chi connectivity index (χ1) is 7.66. The molecule has 0 saturated carbocycles. The van der Waals surface area contributed by atoms with Gasteiger partial charge in [0, 0.05) is 11.1 Å². The van der Waals surface area contributed by atoms with Gasteiger partial charge in [0.15, 0.2) is 0 Å². The lowest BCUT2D eigenvalue weighted by Gasteiger charge is -2.04. The third-order valence-electron chi connectivity index (χ3n) is 1.99. The fourth-order valence-corrected chi connectivity index (χ4v) is 2.72. The number of hydrogen-bond acceptors (Lipinski definition) is 2. The summed E-state index contributed by atoms with van der Waals surface area (Å²) in [6, 6.07) is 8.65. The van der Waals surface area contributed by atoms with E-state index in [1.54, 1.807) is 18.3 Å². The standard InChI is InChI=1S/C12H9BrFNS/c1-8-6-9(13)12(15-7-8)16-11-5-3-2-4-10(11)14/h2-7H,1H3. The molecule has 0 radical (unpaired) electrons. The molecule has 0 fully saturated rings. The van der Waals surface area contributed by atoms with Crippen LogP contribution in [0.3, 0.4) is 0 Å². The lowest BCUT2D eigenvalue weighted by molar-refractivity contribution is 0.602. The van der Waals surface area contributed by atoms with Gasteiger partial charge in [0.1, 0.15) is 10.8 Å². The van der Waals surface area contributed by atoms with Gasteiger partial charge in [0.25, 0.3) is 0 Å². The van der Waals surface area contributed by atoms with E-state index in [4.69, 9.17) is 0 Å². The summed E-state index contributed by atoms with van der Waals surface area (Å²) in [4.78, 5) is 4.85. The SMILES string of the molecule is Cc1cnc(Sc2ccccc2F)c(Br)c1. The molecule has 1 nitrogen and oxygen atoms in total. The maximum Gasteiger partial charge on any atom is 0.137 e. The van der Waals surface area contributed by atoms with Gasteiger partial charge in [-0.15, -0.1) is 0 Å². The van der Waals surface area contributed by atoms with E-state index in [0.29, 0.717) is 4.90 Å². The van der Waals surface area contributed by atoms with Crippen molar-refractivity contribution >= 4 is 27.7 Å². The van der Waals surface area contributed by atoms with Crippen LogP contribution in [-0.2, 0) is 0 Å². The number of pyridine rings is 1. The van der Waals surface area contributed by atoms with Crippen LogP contribution in [0.5, 0.6) is 0 Å². The van der Waals surface area contributed by atoms with Gasteiger partial charge in [-0.1, -0.05) is 23.9 Å². The van der Waals surface area contributed by atoms with Crippen LogP contribution in [0, 0.1) is 12.7 Å². The first kappa shape index (κ1) is 11.6. The molecule has 2 aromatic rings. The molecule has 0 saturated heterocycles. The van der Waals surface area contributed by atoms with Gasteiger partial charge in [-0.05, 0) is 46.6 Å². The average molecular weight is 298 g/mol. The Hall–Kier alpha value is -0.870. The van der Waals surface area contributed by atoms with Crippen molar-refractivity contribution in [3.8, 4) is 0 Å². The van der Waals surface area contributed by atoms with Gasteiger partial charge in [-0.2, -0.15) is 0 Å². The molecule has 1 aromatic heterocycles. The Labute approximate surface area is 106 Å². The molecule has 1 aromatic carbocycles. The zero-order chi connectivity index (χ0) is 11.5. The Morgan fingerprint density at radius 2 is 2.06 bits per heavy atom. The summed E-state index contributed by atoms with van der Waals surface area (Å²) < 4.78 is 14.3. The fraction of sp³-hybridized carbons (Fsp3) is 0.0833. The molecule has 1 heterocycles. The van der Waals surface area contributed by atoms with Crippen LogP contribution in [0.4, 0.5) is 4.39 Å². The summed E-state index contributed by atoms with van der Waals surface area (Å²) in [5.74, 6) is -0.221. The Morgan fingerprint density at radius 3 is 2.75 bits per heavy atom. The Bertz CT molecular complexity index is 516. The first-order valence-electron chi connectivity index (χ1n) is 4.71. The summed E-state index contributed by atoms with van der Waals surface area (Å²) >= 11 is 4.74. The van der Waals surface area contributed by atoms with Crippen LogP contribution >= 0.6 is 27.7 Å². The normalized spacial score (nSPS) is 10.4. The molecule has 16 heavy (non-hydrogen) atoms. The van der Waals surface area contributed by atoms with Crippen molar-refractivity contribution in [1.29, 1.82) is 0 Å². The predicted octanol–water partition coefficient (Wildman–Crippen LogP) is 4.44. The van der Waals surface area contributed by atoms with Gasteiger partial charge in [-0.25, -0.2) is 9.37 Å². The highest BCUT2D eigenvalue weighted by molar-refractivity contribution is 9.10. The van der Waals surface area contributed by atoms with Crippen LogP contribution in [-0.4, -0.2) is 4.98 Å². The molecule has 82 valence electrons. The van der Waals surface area contributed by atoms with Crippen LogP contribution in [0.15, 0.2) is 50.9 Å². The summed E-state index contributed by atoms with van der Waals surface area (Å²) in [6.45, 7) is 1.97. The summed E-state index contributed by atoms with van der Waals surface area (Å²) in [6.07, 6.45) is 1.77. The third-order valence-corrected chi connectivity index (χ3v) is 3.92. The van der Waals surface area contributed by atoms with E-state index in [9.17, 15) is 4.39 Å². The van der Waals surface area contributed by atoms with Crippen molar-refractivity contribution in [2.75, 3.05) is 0 Å². The smallest absolute Gasteiger partial charge is 0.137 e. The van der Waals surface area contributed by atoms with Crippen LogP contribution < -0.4 is 0 Å². The quantitative estimate of drug-likeness (QED) is 0.813. The Morgan fingerprint density at radius 1 is 1.31 bits per heavy atom. The summed E-state index contributed by atoms with van der Waals surface area (Å²) in [7, 11) is 0. The van der Waals surface area contributed by atoms with Gasteiger partial charge < -0.3 is 0 Å². The monoisotopic (exact) mass is 297 g/mol. The van der Waals surface area contributed by atoms with E-state index in [1.807, 2.05) is 19.1 Å². The molecule has 0 N–H and O–H groups in total. The maximum absolute atomic E-state index is 13.4. The van der Waals surface area contributed by atoms with E-state index in [-0.39, 0.29) is 5.82 Å². The van der Waals surface area contributed by atoms with E-state index >= 15 is 0 Å². The van der Waals surface area contributed by atoms with E-state index in [0.717, 1.165) is 15.1 Å². The molecular formula is C12H9BrFNS. The predicted molar refractivity (Wildman–Crippen MR) is 67.2 cm³/mol. The topological polar surface area (TPSA) is 12.9 Å². The number of nitrogens with zero attached hydrogens (tertiary/aromatic N) is 1. The first-order valence-corrected chi connectivity index (χ1v) is 6.32. The minimum Gasteiger partial charge on any atom is -0.248 e. The van der Waals surface area contributed by atoms with E-state index < -0.39 is 0 Å². The second-order valence-corrected chi connectivity index (χ2v) is 5.22. The molecule has 0 aliphatic carbocycles. The van der Waals surface area contributed by atoms with Crippen molar-refractivity contribution < 1.29 is 4.39 Å².